The molecule has 17 heavy (non-hydrogen) atoms. The number of aromatic carboxylic acids is 1. The molecule has 3 heterocycles. The summed E-state index contributed by atoms with van der Waals surface area (Å²) in [5.74, 6) is -0.142. The zero-order valence-corrected chi connectivity index (χ0v) is 9.72. The number of carboxylic acids is 1. The average Bonchev–Trinajstić information content (AvgIpc) is 2.89. The fourth-order valence-electron chi connectivity index (χ4n) is 2.03. The maximum atomic E-state index is 11.0. The second-order valence-corrected chi connectivity index (χ2v) is 4.88. The van der Waals surface area contributed by atoms with E-state index in [9.17, 15) is 4.79 Å². The first-order valence-electron chi connectivity index (χ1n) is 5.23. The molecule has 2 aromatic heterocycles. The Morgan fingerprint density at radius 1 is 1.47 bits per heavy atom. The van der Waals surface area contributed by atoms with Gasteiger partial charge in [-0.3, -0.25) is 4.98 Å². The van der Waals surface area contributed by atoms with Gasteiger partial charge in [0.15, 0.2) is 0 Å². The van der Waals surface area contributed by atoms with Crippen LogP contribution in [0.4, 0.5) is 0 Å². The molecule has 1 unspecified atom stereocenters. The van der Waals surface area contributed by atoms with Crippen molar-refractivity contribution < 1.29 is 9.90 Å². The molecule has 1 atom stereocenters. The summed E-state index contributed by atoms with van der Waals surface area (Å²) in [4.78, 5) is 15.4. The van der Waals surface area contributed by atoms with Crippen molar-refractivity contribution in [2.75, 3.05) is 0 Å². The van der Waals surface area contributed by atoms with Crippen LogP contribution < -0.4 is 0 Å². The zero-order valence-electron chi connectivity index (χ0n) is 8.91. The van der Waals surface area contributed by atoms with E-state index in [0.29, 0.717) is 5.56 Å². The van der Waals surface area contributed by atoms with Crippen LogP contribution in [0.2, 0.25) is 0 Å². The topological polar surface area (TPSA) is 55.1 Å². The number of aromatic nitrogens is 2. The Balaban J connectivity index is 2.03. The minimum Gasteiger partial charge on any atom is -0.478 e. The fourth-order valence-corrected chi connectivity index (χ4v) is 3.32. The summed E-state index contributed by atoms with van der Waals surface area (Å²) >= 11 is 1.70. The van der Waals surface area contributed by atoms with Gasteiger partial charge in [-0.15, -0.1) is 11.8 Å². The number of fused-ring (bicyclic) bond motifs is 1. The van der Waals surface area contributed by atoms with Crippen LogP contribution in [-0.2, 0) is 5.75 Å². The molecule has 1 aliphatic heterocycles. The molecule has 1 aliphatic rings. The zero-order chi connectivity index (χ0) is 11.8. The lowest BCUT2D eigenvalue weighted by atomic mass is 10.2. The third-order valence-electron chi connectivity index (χ3n) is 2.83. The fraction of sp³-hybridized carbons (Fsp3) is 0.167. The van der Waals surface area contributed by atoms with Crippen LogP contribution in [0, 0.1) is 0 Å². The van der Waals surface area contributed by atoms with Crippen LogP contribution in [-0.4, -0.2) is 20.6 Å². The van der Waals surface area contributed by atoms with E-state index in [1.54, 1.807) is 24.0 Å². The van der Waals surface area contributed by atoms with Gasteiger partial charge >= 0.3 is 5.97 Å². The Labute approximate surface area is 102 Å². The van der Waals surface area contributed by atoms with E-state index >= 15 is 0 Å². The van der Waals surface area contributed by atoms with Gasteiger partial charge in [0.2, 0.25) is 0 Å². The summed E-state index contributed by atoms with van der Waals surface area (Å²) in [6, 6.07) is 7.45. The lowest BCUT2D eigenvalue weighted by Crippen LogP contribution is -2.05. The van der Waals surface area contributed by atoms with Crippen molar-refractivity contribution in [3.63, 3.8) is 0 Å². The highest BCUT2D eigenvalue weighted by molar-refractivity contribution is 7.99. The van der Waals surface area contributed by atoms with Crippen LogP contribution >= 0.6 is 11.8 Å². The first-order chi connectivity index (χ1) is 8.27. The molecule has 0 saturated carbocycles. The smallest absolute Gasteiger partial charge is 0.337 e. The monoisotopic (exact) mass is 246 g/mol. The molecule has 0 bridgehead atoms. The predicted molar refractivity (Wildman–Crippen MR) is 65.1 cm³/mol. The third-order valence-corrected chi connectivity index (χ3v) is 4.05. The molecule has 1 N–H and O–H groups in total. The molecule has 4 nitrogen and oxygen atoms in total. The second kappa shape index (κ2) is 3.92. The van der Waals surface area contributed by atoms with Crippen LogP contribution in [0.3, 0.4) is 0 Å². The molecule has 0 aliphatic carbocycles. The molecule has 0 aromatic carbocycles. The quantitative estimate of drug-likeness (QED) is 0.883. The van der Waals surface area contributed by atoms with Crippen molar-refractivity contribution in [2.45, 2.75) is 11.1 Å². The average molecular weight is 246 g/mol. The number of nitrogens with zero attached hydrogens (tertiary/aromatic N) is 2. The molecule has 0 fully saturated rings. The van der Waals surface area contributed by atoms with Crippen LogP contribution in [0.5, 0.6) is 0 Å². The Hall–Kier alpha value is -1.75. The number of rotatable bonds is 2. The summed E-state index contributed by atoms with van der Waals surface area (Å²) in [6.07, 6.45) is 3.59. The predicted octanol–water partition coefficient (Wildman–Crippen LogP) is 2.38. The number of hydrogen-bond donors (Lipinski definition) is 1. The molecular weight excluding hydrogens is 236 g/mol. The number of pyridine rings is 1. The Bertz CT molecular complexity index is 565. The first kappa shape index (κ1) is 10.4. The molecule has 0 amide bonds. The molecule has 2 aromatic rings. The summed E-state index contributed by atoms with van der Waals surface area (Å²) in [6.45, 7) is 0. The van der Waals surface area contributed by atoms with Gasteiger partial charge in [0.25, 0.3) is 0 Å². The van der Waals surface area contributed by atoms with Gasteiger partial charge in [-0.2, -0.15) is 0 Å². The number of carbonyl (C=O) groups is 1. The third kappa shape index (κ3) is 1.63. The molecule has 86 valence electrons. The van der Waals surface area contributed by atoms with Gasteiger partial charge < -0.3 is 9.67 Å². The normalized spacial score (nSPS) is 18.0. The van der Waals surface area contributed by atoms with Crippen molar-refractivity contribution in [1.29, 1.82) is 0 Å². The summed E-state index contributed by atoms with van der Waals surface area (Å²) in [5, 5.41) is 9.15. The van der Waals surface area contributed by atoms with E-state index in [1.807, 2.05) is 29.0 Å². The van der Waals surface area contributed by atoms with Gasteiger partial charge in [-0.05, 0) is 18.2 Å². The Morgan fingerprint density at radius 3 is 3.06 bits per heavy atom. The summed E-state index contributed by atoms with van der Waals surface area (Å²) in [7, 11) is 0. The van der Waals surface area contributed by atoms with Gasteiger partial charge in [0.1, 0.15) is 5.37 Å². The Morgan fingerprint density at radius 2 is 2.35 bits per heavy atom. The summed E-state index contributed by atoms with van der Waals surface area (Å²) in [5.41, 5.74) is 2.23. The SMILES string of the molecule is O=C(O)c1ccn2c1CSC2c1ccccn1. The van der Waals surface area contributed by atoms with Gasteiger partial charge in [-0.1, -0.05) is 6.07 Å². The molecule has 0 saturated heterocycles. The lowest BCUT2D eigenvalue weighted by Gasteiger charge is -2.11. The van der Waals surface area contributed by atoms with Crippen molar-refractivity contribution in [3.8, 4) is 0 Å². The van der Waals surface area contributed by atoms with Crippen molar-refractivity contribution in [1.82, 2.24) is 9.55 Å². The lowest BCUT2D eigenvalue weighted by molar-refractivity contribution is 0.0696. The van der Waals surface area contributed by atoms with Gasteiger partial charge in [0.05, 0.1) is 11.3 Å². The Kier molecular flexibility index (Phi) is 2.40. The van der Waals surface area contributed by atoms with Crippen molar-refractivity contribution >= 4 is 17.7 Å². The highest BCUT2D eigenvalue weighted by atomic mass is 32.2. The highest BCUT2D eigenvalue weighted by Crippen LogP contribution is 2.41. The highest BCUT2D eigenvalue weighted by Gasteiger charge is 2.28. The first-order valence-corrected chi connectivity index (χ1v) is 6.28. The number of hydrogen-bond acceptors (Lipinski definition) is 3. The van der Waals surface area contributed by atoms with E-state index in [4.69, 9.17) is 5.11 Å². The van der Waals surface area contributed by atoms with E-state index in [0.717, 1.165) is 17.1 Å². The maximum Gasteiger partial charge on any atom is 0.337 e. The van der Waals surface area contributed by atoms with Crippen LogP contribution in [0.15, 0.2) is 36.7 Å². The number of carboxylic acid groups (broad SMARTS) is 1. The van der Waals surface area contributed by atoms with Crippen molar-refractivity contribution in [2.24, 2.45) is 0 Å². The molecule has 0 spiro atoms. The standard InChI is InChI=1S/C12H10N2O2S/c15-12(16)8-4-6-14-10(8)7-17-11(14)9-3-1-2-5-13-9/h1-6,11H,7H2,(H,15,16). The molecule has 3 rings (SSSR count). The van der Waals surface area contributed by atoms with E-state index < -0.39 is 5.97 Å². The summed E-state index contributed by atoms with van der Waals surface area (Å²) < 4.78 is 2.00. The van der Waals surface area contributed by atoms with Gasteiger partial charge in [-0.25, -0.2) is 4.79 Å². The molecule has 5 heteroatoms. The van der Waals surface area contributed by atoms with Gasteiger partial charge in [0, 0.05) is 23.8 Å². The molecular formula is C12H10N2O2S. The number of thioether (sulfide) groups is 1. The van der Waals surface area contributed by atoms with E-state index in [2.05, 4.69) is 4.98 Å². The molecule has 0 radical (unpaired) electrons. The van der Waals surface area contributed by atoms with Crippen LogP contribution in [0.25, 0.3) is 0 Å². The van der Waals surface area contributed by atoms with Crippen molar-refractivity contribution in [3.05, 3.63) is 53.6 Å². The van der Waals surface area contributed by atoms with Crippen LogP contribution in [0.1, 0.15) is 27.1 Å². The minimum absolute atomic E-state index is 0.0966. The van der Waals surface area contributed by atoms with E-state index in [1.165, 1.54) is 0 Å². The largest absolute Gasteiger partial charge is 0.478 e. The van der Waals surface area contributed by atoms with E-state index in [-0.39, 0.29) is 5.37 Å². The second-order valence-electron chi connectivity index (χ2n) is 3.81. The minimum atomic E-state index is -0.860. The maximum absolute atomic E-state index is 11.0.